The Labute approximate surface area is 79.3 Å². The Morgan fingerprint density at radius 3 is 2.38 bits per heavy atom. The van der Waals surface area contributed by atoms with Crippen LogP contribution >= 0.6 is 11.6 Å². The zero-order valence-corrected chi connectivity index (χ0v) is 7.71. The van der Waals surface area contributed by atoms with E-state index in [1.807, 2.05) is 0 Å². The van der Waals surface area contributed by atoms with E-state index < -0.39 is 11.7 Å². The molecule has 0 spiro atoms. The average Bonchev–Trinajstić information content (AvgIpc) is 2.02. The van der Waals surface area contributed by atoms with Gasteiger partial charge in [-0.3, -0.25) is 0 Å². The molecule has 0 aliphatic rings. The average molecular weight is 209 g/mol. The summed E-state index contributed by atoms with van der Waals surface area (Å²) in [6.07, 6.45) is -3.86. The van der Waals surface area contributed by atoms with Gasteiger partial charge in [-0.25, -0.2) is 0 Å². The lowest BCUT2D eigenvalue weighted by atomic mass is 10.1. The third-order valence-electron chi connectivity index (χ3n) is 1.76. The molecule has 0 saturated heterocycles. The molecular weight excluding hydrogens is 201 g/mol. The van der Waals surface area contributed by atoms with Crippen LogP contribution in [-0.2, 0) is 12.6 Å². The minimum atomic E-state index is -4.36. The molecular formula is C9H8ClF3. The molecule has 4 heteroatoms. The maximum atomic E-state index is 12.3. The molecule has 0 bridgehead atoms. The lowest BCUT2D eigenvalue weighted by molar-refractivity contribution is -0.137. The normalized spacial score (nSPS) is 11.8. The minimum absolute atomic E-state index is 0.183. The number of hydrogen-bond acceptors (Lipinski definition) is 0. The molecule has 0 atom stereocenters. The predicted octanol–water partition coefficient (Wildman–Crippen LogP) is 3.92. The fraction of sp³-hybridized carbons (Fsp3) is 0.333. The molecule has 0 unspecified atom stereocenters. The molecule has 0 N–H and O–H groups in total. The predicted molar refractivity (Wildman–Crippen MR) is 45.8 cm³/mol. The van der Waals surface area contributed by atoms with Crippen LogP contribution in [0.25, 0.3) is 0 Å². The van der Waals surface area contributed by atoms with Crippen LogP contribution in [0.5, 0.6) is 0 Å². The van der Waals surface area contributed by atoms with Crippen molar-refractivity contribution < 1.29 is 13.2 Å². The van der Waals surface area contributed by atoms with Gasteiger partial charge in [0.1, 0.15) is 0 Å². The Bertz CT molecular complexity index is 304. The highest BCUT2D eigenvalue weighted by Gasteiger charge is 2.33. The van der Waals surface area contributed by atoms with Crippen LogP contribution in [-0.4, -0.2) is 0 Å². The molecule has 13 heavy (non-hydrogen) atoms. The van der Waals surface area contributed by atoms with E-state index in [2.05, 4.69) is 0 Å². The van der Waals surface area contributed by atoms with Crippen LogP contribution in [0.1, 0.15) is 18.1 Å². The third-order valence-corrected chi connectivity index (χ3v) is 2.21. The molecule has 0 fully saturated rings. The van der Waals surface area contributed by atoms with Crippen molar-refractivity contribution in [2.75, 3.05) is 0 Å². The second-order valence-corrected chi connectivity index (χ2v) is 3.01. The summed E-state index contributed by atoms with van der Waals surface area (Å²) < 4.78 is 36.8. The van der Waals surface area contributed by atoms with Crippen molar-refractivity contribution >= 4 is 11.6 Å². The maximum Gasteiger partial charge on any atom is 0.417 e. The smallest absolute Gasteiger partial charge is 0.166 e. The molecule has 0 heterocycles. The van der Waals surface area contributed by atoms with E-state index in [-0.39, 0.29) is 5.02 Å². The van der Waals surface area contributed by atoms with Crippen LogP contribution in [0, 0.1) is 0 Å². The first-order chi connectivity index (χ1) is 5.96. The zero-order valence-electron chi connectivity index (χ0n) is 6.95. The highest BCUT2D eigenvalue weighted by molar-refractivity contribution is 6.32. The summed E-state index contributed by atoms with van der Waals surface area (Å²) in [6, 6.07) is 3.95. The molecule has 0 aliphatic carbocycles. The Morgan fingerprint density at radius 2 is 1.92 bits per heavy atom. The highest BCUT2D eigenvalue weighted by Crippen LogP contribution is 2.36. The molecule has 1 rings (SSSR count). The van der Waals surface area contributed by atoms with Crippen molar-refractivity contribution in [1.29, 1.82) is 0 Å². The van der Waals surface area contributed by atoms with Crippen LogP contribution in [0.15, 0.2) is 18.2 Å². The quantitative estimate of drug-likeness (QED) is 0.656. The maximum absolute atomic E-state index is 12.3. The van der Waals surface area contributed by atoms with E-state index in [9.17, 15) is 13.2 Å². The minimum Gasteiger partial charge on any atom is -0.166 e. The first kappa shape index (κ1) is 10.4. The summed E-state index contributed by atoms with van der Waals surface area (Å²) in [6.45, 7) is 1.77. The second-order valence-electron chi connectivity index (χ2n) is 2.63. The number of benzene rings is 1. The molecule has 0 saturated carbocycles. The Balaban J connectivity index is 3.24. The molecule has 0 amide bonds. The molecule has 0 aromatic heterocycles. The molecule has 72 valence electrons. The van der Waals surface area contributed by atoms with Gasteiger partial charge in [-0.05, 0) is 18.1 Å². The number of hydrogen-bond donors (Lipinski definition) is 0. The third kappa shape index (κ3) is 2.15. The molecule has 1 aromatic carbocycles. The van der Waals surface area contributed by atoms with Crippen LogP contribution in [0.2, 0.25) is 5.02 Å². The van der Waals surface area contributed by atoms with Crippen molar-refractivity contribution in [2.24, 2.45) is 0 Å². The van der Waals surface area contributed by atoms with Crippen LogP contribution < -0.4 is 0 Å². The zero-order chi connectivity index (χ0) is 10.1. The Kier molecular flexibility index (Phi) is 2.86. The van der Waals surface area contributed by atoms with E-state index >= 15 is 0 Å². The molecule has 0 radical (unpaired) electrons. The summed E-state index contributed by atoms with van der Waals surface area (Å²) in [5, 5.41) is -0.183. The van der Waals surface area contributed by atoms with Crippen molar-refractivity contribution in [1.82, 2.24) is 0 Å². The van der Waals surface area contributed by atoms with Gasteiger partial charge in [0.15, 0.2) is 0 Å². The highest BCUT2D eigenvalue weighted by atomic mass is 35.5. The Hall–Kier alpha value is -0.700. The summed E-state index contributed by atoms with van der Waals surface area (Å²) in [5.74, 6) is 0. The van der Waals surface area contributed by atoms with Gasteiger partial charge in [-0.15, -0.1) is 0 Å². The number of aryl methyl sites for hydroxylation is 1. The summed E-state index contributed by atoms with van der Waals surface area (Å²) >= 11 is 5.57. The summed E-state index contributed by atoms with van der Waals surface area (Å²) in [4.78, 5) is 0. The van der Waals surface area contributed by atoms with E-state index in [4.69, 9.17) is 11.6 Å². The summed E-state index contributed by atoms with van der Waals surface area (Å²) in [7, 11) is 0. The second kappa shape index (κ2) is 3.58. The van der Waals surface area contributed by atoms with E-state index in [0.29, 0.717) is 12.0 Å². The van der Waals surface area contributed by atoms with Gasteiger partial charge in [-0.2, -0.15) is 13.2 Å². The van der Waals surface area contributed by atoms with Gasteiger partial charge >= 0.3 is 6.18 Å². The first-order valence-electron chi connectivity index (χ1n) is 3.81. The number of rotatable bonds is 1. The monoisotopic (exact) mass is 208 g/mol. The molecule has 1 aromatic rings. The fourth-order valence-corrected chi connectivity index (χ4v) is 1.44. The van der Waals surface area contributed by atoms with Gasteiger partial charge in [-0.1, -0.05) is 30.7 Å². The van der Waals surface area contributed by atoms with E-state index in [1.165, 1.54) is 6.07 Å². The lowest BCUT2D eigenvalue weighted by Crippen LogP contribution is -2.06. The van der Waals surface area contributed by atoms with Gasteiger partial charge < -0.3 is 0 Å². The first-order valence-corrected chi connectivity index (χ1v) is 4.19. The van der Waals surface area contributed by atoms with Gasteiger partial charge in [0, 0.05) is 0 Å². The Morgan fingerprint density at radius 1 is 1.31 bits per heavy atom. The van der Waals surface area contributed by atoms with Gasteiger partial charge in [0.2, 0.25) is 0 Å². The van der Waals surface area contributed by atoms with Crippen LogP contribution in [0.4, 0.5) is 13.2 Å². The molecule has 0 nitrogen and oxygen atoms in total. The van der Waals surface area contributed by atoms with Crippen LogP contribution in [0.3, 0.4) is 0 Å². The van der Waals surface area contributed by atoms with E-state index in [1.54, 1.807) is 13.0 Å². The largest absolute Gasteiger partial charge is 0.417 e. The fourth-order valence-electron chi connectivity index (χ4n) is 1.07. The SMILES string of the molecule is CCc1cccc(C(F)(F)F)c1Cl. The van der Waals surface area contributed by atoms with Crippen molar-refractivity contribution in [3.63, 3.8) is 0 Å². The van der Waals surface area contributed by atoms with Crippen molar-refractivity contribution in [2.45, 2.75) is 19.5 Å². The van der Waals surface area contributed by atoms with Gasteiger partial charge in [0.05, 0.1) is 10.6 Å². The van der Waals surface area contributed by atoms with Crippen molar-refractivity contribution in [3.8, 4) is 0 Å². The number of alkyl halides is 3. The summed E-state index contributed by atoms with van der Waals surface area (Å²) in [5.41, 5.74) is -0.231. The standard InChI is InChI=1S/C9H8ClF3/c1-2-6-4-3-5-7(8(6)10)9(11,12)13/h3-5H,2H2,1H3. The van der Waals surface area contributed by atoms with Gasteiger partial charge in [0.25, 0.3) is 0 Å². The van der Waals surface area contributed by atoms with E-state index in [0.717, 1.165) is 6.07 Å². The molecule has 0 aliphatic heterocycles. The van der Waals surface area contributed by atoms with Crippen molar-refractivity contribution in [3.05, 3.63) is 34.3 Å². The number of halogens is 4. The lowest BCUT2D eigenvalue weighted by Gasteiger charge is -2.10. The topological polar surface area (TPSA) is 0 Å².